The smallest absolute Gasteiger partial charge is 0.253 e. The third-order valence-electron chi connectivity index (χ3n) is 3.49. The molecule has 0 radical (unpaired) electrons. The van der Waals surface area contributed by atoms with Gasteiger partial charge in [-0.15, -0.1) is 11.3 Å². The van der Waals surface area contributed by atoms with Crippen molar-refractivity contribution in [1.29, 1.82) is 0 Å². The van der Waals surface area contributed by atoms with Crippen molar-refractivity contribution in [2.75, 3.05) is 12.4 Å². The van der Waals surface area contributed by atoms with E-state index in [2.05, 4.69) is 30.5 Å². The molecule has 0 spiro atoms. The van der Waals surface area contributed by atoms with E-state index >= 15 is 0 Å². The summed E-state index contributed by atoms with van der Waals surface area (Å²) in [5, 5.41) is 8.30. The summed E-state index contributed by atoms with van der Waals surface area (Å²) in [5.74, 6) is 0.311. The van der Waals surface area contributed by atoms with E-state index in [0.29, 0.717) is 11.5 Å². The van der Waals surface area contributed by atoms with Crippen molar-refractivity contribution in [2.45, 2.75) is 26.8 Å². The van der Waals surface area contributed by atoms with Crippen LogP contribution in [0.2, 0.25) is 0 Å². The number of amides is 1. The van der Waals surface area contributed by atoms with Gasteiger partial charge < -0.3 is 10.6 Å². The van der Waals surface area contributed by atoms with E-state index in [1.54, 1.807) is 11.3 Å². The Bertz CT molecular complexity index is 605. The van der Waals surface area contributed by atoms with Gasteiger partial charge in [-0.25, -0.2) is 0 Å². The van der Waals surface area contributed by atoms with Gasteiger partial charge in [0.25, 0.3) is 5.91 Å². The van der Waals surface area contributed by atoms with Crippen LogP contribution in [0, 0.1) is 12.8 Å². The second kappa shape index (κ2) is 6.76. The standard InChI is InChI=1S/C17H22N2OS/c1-11(2)16(15-6-5-9-21-15)19-17(20)13-10-12(3)7-8-14(13)18-4/h5-11,16,18H,1-4H3,(H,19,20). The summed E-state index contributed by atoms with van der Waals surface area (Å²) in [4.78, 5) is 13.8. The van der Waals surface area contributed by atoms with Crippen LogP contribution in [0.5, 0.6) is 0 Å². The number of hydrogen-bond acceptors (Lipinski definition) is 3. The van der Waals surface area contributed by atoms with Gasteiger partial charge in [-0.2, -0.15) is 0 Å². The Labute approximate surface area is 130 Å². The molecule has 1 unspecified atom stereocenters. The molecule has 0 aliphatic heterocycles. The largest absolute Gasteiger partial charge is 0.387 e. The SMILES string of the molecule is CNc1ccc(C)cc1C(=O)NC(c1cccs1)C(C)C. The third kappa shape index (κ3) is 3.64. The average Bonchev–Trinajstić information content (AvgIpc) is 2.97. The molecule has 1 heterocycles. The minimum Gasteiger partial charge on any atom is -0.387 e. The first-order valence-electron chi connectivity index (χ1n) is 7.15. The highest BCUT2D eigenvalue weighted by molar-refractivity contribution is 7.10. The fourth-order valence-electron chi connectivity index (χ4n) is 2.32. The van der Waals surface area contributed by atoms with Crippen LogP contribution in [0.1, 0.15) is 40.7 Å². The lowest BCUT2D eigenvalue weighted by molar-refractivity contribution is 0.0927. The number of hydrogen-bond donors (Lipinski definition) is 2. The molecule has 0 aliphatic rings. The summed E-state index contributed by atoms with van der Waals surface area (Å²) in [6.45, 7) is 6.25. The first-order valence-corrected chi connectivity index (χ1v) is 8.03. The summed E-state index contributed by atoms with van der Waals surface area (Å²) in [7, 11) is 1.83. The quantitative estimate of drug-likeness (QED) is 0.868. The van der Waals surface area contributed by atoms with Crippen LogP contribution in [0.15, 0.2) is 35.7 Å². The van der Waals surface area contributed by atoms with Crippen molar-refractivity contribution < 1.29 is 4.79 Å². The van der Waals surface area contributed by atoms with E-state index < -0.39 is 0 Å². The minimum atomic E-state index is -0.0323. The van der Waals surface area contributed by atoms with Crippen molar-refractivity contribution in [3.05, 3.63) is 51.7 Å². The summed E-state index contributed by atoms with van der Waals surface area (Å²) in [5.41, 5.74) is 2.63. The molecule has 4 heteroatoms. The molecule has 1 aromatic carbocycles. The fourth-order valence-corrected chi connectivity index (χ4v) is 3.27. The van der Waals surface area contributed by atoms with Crippen LogP contribution in [0.3, 0.4) is 0 Å². The normalized spacial score (nSPS) is 12.2. The van der Waals surface area contributed by atoms with E-state index in [9.17, 15) is 4.79 Å². The Morgan fingerprint density at radius 1 is 1.24 bits per heavy atom. The molecule has 0 aliphatic carbocycles. The summed E-state index contributed by atoms with van der Waals surface area (Å²) >= 11 is 1.68. The Morgan fingerprint density at radius 2 is 2.00 bits per heavy atom. The number of carbonyl (C=O) groups is 1. The highest BCUT2D eigenvalue weighted by Gasteiger charge is 2.21. The molecule has 0 fully saturated rings. The summed E-state index contributed by atoms with van der Waals surface area (Å²) in [6.07, 6.45) is 0. The molecular weight excluding hydrogens is 280 g/mol. The highest BCUT2D eigenvalue weighted by Crippen LogP contribution is 2.27. The Hall–Kier alpha value is -1.81. The third-order valence-corrected chi connectivity index (χ3v) is 4.45. The zero-order valence-electron chi connectivity index (χ0n) is 12.9. The predicted octanol–water partition coefficient (Wildman–Crippen LogP) is 4.23. The number of carbonyl (C=O) groups excluding carboxylic acids is 1. The number of nitrogens with one attached hydrogen (secondary N) is 2. The van der Waals surface area contributed by atoms with Crippen LogP contribution in [0.25, 0.3) is 0 Å². The van der Waals surface area contributed by atoms with Gasteiger partial charge in [0.1, 0.15) is 0 Å². The monoisotopic (exact) mass is 302 g/mol. The lowest BCUT2D eigenvalue weighted by Crippen LogP contribution is -2.31. The Balaban J connectivity index is 2.26. The van der Waals surface area contributed by atoms with Gasteiger partial charge in [-0.1, -0.05) is 31.5 Å². The lowest BCUT2D eigenvalue weighted by atomic mass is 10.0. The van der Waals surface area contributed by atoms with E-state index in [1.807, 2.05) is 43.6 Å². The topological polar surface area (TPSA) is 41.1 Å². The maximum Gasteiger partial charge on any atom is 0.253 e. The van der Waals surface area contributed by atoms with E-state index in [1.165, 1.54) is 4.88 Å². The number of thiophene rings is 1. The lowest BCUT2D eigenvalue weighted by Gasteiger charge is -2.22. The number of anilines is 1. The molecule has 1 amide bonds. The van der Waals surface area contributed by atoms with Crippen LogP contribution in [-0.2, 0) is 0 Å². The second-order valence-corrected chi connectivity index (χ2v) is 6.49. The predicted molar refractivity (Wildman–Crippen MR) is 90.1 cm³/mol. The van der Waals surface area contributed by atoms with E-state index in [-0.39, 0.29) is 11.9 Å². The van der Waals surface area contributed by atoms with E-state index in [0.717, 1.165) is 11.3 Å². The van der Waals surface area contributed by atoms with Gasteiger partial charge in [0.05, 0.1) is 11.6 Å². The van der Waals surface area contributed by atoms with Gasteiger partial charge in [-0.05, 0) is 36.4 Å². The van der Waals surface area contributed by atoms with Crippen LogP contribution in [-0.4, -0.2) is 13.0 Å². The van der Waals surface area contributed by atoms with Gasteiger partial charge in [-0.3, -0.25) is 4.79 Å². The molecule has 0 saturated heterocycles. The fraction of sp³-hybridized carbons (Fsp3) is 0.353. The number of aryl methyl sites for hydroxylation is 1. The zero-order chi connectivity index (χ0) is 15.4. The van der Waals surface area contributed by atoms with Crippen LogP contribution < -0.4 is 10.6 Å². The maximum atomic E-state index is 12.6. The van der Waals surface area contributed by atoms with Crippen LogP contribution >= 0.6 is 11.3 Å². The van der Waals surface area contributed by atoms with Gasteiger partial charge in [0.2, 0.25) is 0 Å². The van der Waals surface area contributed by atoms with Crippen molar-refractivity contribution in [1.82, 2.24) is 5.32 Å². The molecule has 0 saturated carbocycles. The number of rotatable bonds is 5. The molecule has 3 nitrogen and oxygen atoms in total. The Morgan fingerprint density at radius 3 is 2.57 bits per heavy atom. The zero-order valence-corrected chi connectivity index (χ0v) is 13.8. The molecule has 112 valence electrons. The molecule has 2 rings (SSSR count). The Kier molecular flexibility index (Phi) is 5.02. The van der Waals surface area contributed by atoms with Gasteiger partial charge >= 0.3 is 0 Å². The maximum absolute atomic E-state index is 12.6. The molecule has 1 aromatic heterocycles. The van der Waals surface area contributed by atoms with Gasteiger partial charge in [0, 0.05) is 17.6 Å². The van der Waals surface area contributed by atoms with Gasteiger partial charge in [0.15, 0.2) is 0 Å². The van der Waals surface area contributed by atoms with E-state index in [4.69, 9.17) is 0 Å². The van der Waals surface area contributed by atoms with Crippen LogP contribution in [0.4, 0.5) is 5.69 Å². The summed E-state index contributed by atoms with van der Waals surface area (Å²) in [6, 6.07) is 10.0. The second-order valence-electron chi connectivity index (χ2n) is 5.51. The van der Waals surface area contributed by atoms with Crippen molar-refractivity contribution in [2.24, 2.45) is 5.92 Å². The molecule has 21 heavy (non-hydrogen) atoms. The molecule has 2 N–H and O–H groups in total. The molecule has 0 bridgehead atoms. The minimum absolute atomic E-state index is 0.0323. The molecule has 2 aromatic rings. The first kappa shape index (κ1) is 15.6. The molecular formula is C17H22N2OS. The van der Waals surface area contributed by atoms with Crippen molar-refractivity contribution >= 4 is 22.9 Å². The average molecular weight is 302 g/mol. The first-order chi connectivity index (χ1) is 10.0. The molecule has 1 atom stereocenters. The van der Waals surface area contributed by atoms with Crippen molar-refractivity contribution in [3.63, 3.8) is 0 Å². The summed E-state index contributed by atoms with van der Waals surface area (Å²) < 4.78 is 0. The number of benzene rings is 1. The highest BCUT2D eigenvalue weighted by atomic mass is 32.1. The van der Waals surface area contributed by atoms with Crippen molar-refractivity contribution in [3.8, 4) is 0 Å².